The number of nitrogens with zero attached hydrogens (tertiary/aromatic N) is 3. The van der Waals surface area contributed by atoms with E-state index in [9.17, 15) is 4.79 Å². The third kappa shape index (κ3) is 4.83. The van der Waals surface area contributed by atoms with Gasteiger partial charge < -0.3 is 10.3 Å². The number of amides is 1. The van der Waals surface area contributed by atoms with Gasteiger partial charge in [0, 0.05) is 38.5 Å². The first-order chi connectivity index (χ1) is 19.0. The molecule has 6 rings (SSSR count). The molecule has 1 amide bonds. The largest absolute Gasteiger partial charge is 0.335 e. The summed E-state index contributed by atoms with van der Waals surface area (Å²) in [5.74, 6) is 0.859. The zero-order valence-electron chi connectivity index (χ0n) is 22.0. The van der Waals surface area contributed by atoms with Crippen molar-refractivity contribution in [3.63, 3.8) is 0 Å². The van der Waals surface area contributed by atoms with E-state index in [4.69, 9.17) is 4.98 Å². The summed E-state index contributed by atoms with van der Waals surface area (Å²) in [7, 11) is 0. The Balaban J connectivity index is 1.35. The molecule has 4 heterocycles. The maximum atomic E-state index is 12.7. The summed E-state index contributed by atoms with van der Waals surface area (Å²) < 4.78 is 0. The van der Waals surface area contributed by atoms with Gasteiger partial charge in [0.2, 0.25) is 5.91 Å². The summed E-state index contributed by atoms with van der Waals surface area (Å²) in [5, 5.41) is 11.8. The van der Waals surface area contributed by atoms with Crippen LogP contribution in [0.4, 0.5) is 0 Å². The number of allylic oxidation sites excluding steroid dienone is 4. The quantitative estimate of drug-likeness (QED) is 0.191. The lowest BCUT2D eigenvalue weighted by molar-refractivity contribution is -0.123. The molecule has 4 aromatic heterocycles. The SMILES string of the molecule is C=C/C(=C\C(=C/C)c1ccc2[nH]nc(-c3nc4c(-c5ccc(C)s5)cncc4[nH]3)c2c1)NC(=O)C1CCCC1. The van der Waals surface area contributed by atoms with E-state index in [1.807, 2.05) is 31.3 Å². The van der Waals surface area contributed by atoms with Crippen molar-refractivity contribution in [3.05, 3.63) is 83.7 Å². The number of hydrogen-bond acceptors (Lipinski definition) is 5. The number of hydrogen-bond donors (Lipinski definition) is 3. The van der Waals surface area contributed by atoms with E-state index in [1.54, 1.807) is 23.6 Å². The highest BCUT2D eigenvalue weighted by Gasteiger charge is 2.23. The first-order valence-corrected chi connectivity index (χ1v) is 14.1. The number of pyridine rings is 1. The molecule has 1 aliphatic rings. The summed E-state index contributed by atoms with van der Waals surface area (Å²) in [6.07, 6.45) is 13.5. The number of aromatic amines is 2. The van der Waals surface area contributed by atoms with Crippen LogP contribution in [0.25, 0.3) is 49.5 Å². The number of carbonyl (C=O) groups excluding carboxylic acids is 1. The first kappa shape index (κ1) is 25.0. The fourth-order valence-corrected chi connectivity index (χ4v) is 6.14. The van der Waals surface area contributed by atoms with Crippen LogP contribution in [0.2, 0.25) is 0 Å². The van der Waals surface area contributed by atoms with Crippen molar-refractivity contribution in [2.45, 2.75) is 39.5 Å². The predicted molar refractivity (Wildman–Crippen MR) is 159 cm³/mol. The molecule has 0 aliphatic heterocycles. The Bertz CT molecular complexity index is 1760. The summed E-state index contributed by atoms with van der Waals surface area (Å²) in [6.45, 7) is 8.02. The minimum absolute atomic E-state index is 0.0816. The molecule has 3 N–H and O–H groups in total. The molecule has 5 aromatic rings. The van der Waals surface area contributed by atoms with E-state index >= 15 is 0 Å². The molecular weight excluding hydrogens is 504 g/mol. The van der Waals surface area contributed by atoms with E-state index in [0.29, 0.717) is 11.5 Å². The van der Waals surface area contributed by atoms with Gasteiger partial charge in [-0.15, -0.1) is 11.3 Å². The van der Waals surface area contributed by atoms with Gasteiger partial charge in [-0.2, -0.15) is 5.10 Å². The zero-order chi connectivity index (χ0) is 26.9. The van der Waals surface area contributed by atoms with Crippen molar-refractivity contribution in [2.24, 2.45) is 5.92 Å². The maximum Gasteiger partial charge on any atom is 0.227 e. The van der Waals surface area contributed by atoms with Gasteiger partial charge in [-0.25, -0.2) is 4.98 Å². The van der Waals surface area contributed by atoms with Crippen molar-refractivity contribution >= 4 is 44.8 Å². The summed E-state index contributed by atoms with van der Waals surface area (Å²) in [5.41, 5.74) is 7.10. The number of carbonyl (C=O) groups is 1. The Kier molecular flexibility index (Phi) is 6.70. The molecule has 39 heavy (non-hydrogen) atoms. The summed E-state index contributed by atoms with van der Waals surface area (Å²) >= 11 is 1.73. The molecule has 0 bridgehead atoms. The van der Waals surface area contributed by atoms with Crippen molar-refractivity contribution in [3.8, 4) is 22.0 Å². The average Bonchev–Trinajstić information content (AvgIpc) is 3.76. The van der Waals surface area contributed by atoms with Gasteiger partial charge in [0.25, 0.3) is 0 Å². The second kappa shape index (κ2) is 10.5. The van der Waals surface area contributed by atoms with Gasteiger partial charge in [-0.3, -0.25) is 14.9 Å². The van der Waals surface area contributed by atoms with Crippen LogP contribution in [0.5, 0.6) is 0 Å². The lowest BCUT2D eigenvalue weighted by Gasteiger charge is -2.12. The standard InChI is InChI=1S/C31H30N6OS/c1-4-19(14-22(5-2)33-31(38)20-8-6-7-9-20)21-11-12-25-23(15-21)29(37-36-25)30-34-26-17-32-16-24(28(26)35-30)27-13-10-18(3)39-27/h4-5,10-17,20H,2,6-9H2,1,3H3,(H,33,38)(H,34,35)(H,36,37)/b19-4+,22-14+. The molecule has 8 heteroatoms. The molecule has 1 fully saturated rings. The maximum absolute atomic E-state index is 12.7. The van der Waals surface area contributed by atoms with Gasteiger partial charge in [0.1, 0.15) is 11.2 Å². The molecule has 1 aromatic carbocycles. The summed E-state index contributed by atoms with van der Waals surface area (Å²) in [4.78, 5) is 27.9. The number of aryl methyl sites for hydroxylation is 1. The van der Waals surface area contributed by atoms with Gasteiger partial charge >= 0.3 is 0 Å². The summed E-state index contributed by atoms with van der Waals surface area (Å²) in [6, 6.07) is 10.4. The van der Waals surface area contributed by atoms with E-state index < -0.39 is 0 Å². The molecule has 0 saturated heterocycles. The Labute approximate surface area is 230 Å². The second-order valence-electron chi connectivity index (χ2n) is 9.93. The Morgan fingerprint density at radius 3 is 2.74 bits per heavy atom. The van der Waals surface area contributed by atoms with Crippen molar-refractivity contribution in [1.82, 2.24) is 30.5 Å². The van der Waals surface area contributed by atoms with Crippen LogP contribution in [0.1, 0.15) is 43.0 Å². The predicted octanol–water partition coefficient (Wildman–Crippen LogP) is 7.32. The first-order valence-electron chi connectivity index (χ1n) is 13.2. The fraction of sp³-hybridized carbons (Fsp3) is 0.226. The van der Waals surface area contributed by atoms with Gasteiger partial charge in [0.05, 0.1) is 17.2 Å². The molecule has 196 valence electrons. The molecular formula is C31H30N6OS. The number of H-pyrrole nitrogens is 2. The highest BCUT2D eigenvalue weighted by molar-refractivity contribution is 7.15. The van der Waals surface area contributed by atoms with E-state index in [1.165, 1.54) is 4.88 Å². The molecule has 0 unspecified atom stereocenters. The lowest BCUT2D eigenvalue weighted by Crippen LogP contribution is -2.28. The van der Waals surface area contributed by atoms with Crippen LogP contribution in [-0.2, 0) is 4.79 Å². The number of imidazole rings is 1. The van der Waals surface area contributed by atoms with Crippen LogP contribution >= 0.6 is 11.3 Å². The van der Waals surface area contributed by atoms with Crippen LogP contribution in [-0.4, -0.2) is 31.1 Å². The molecule has 0 spiro atoms. The molecule has 0 atom stereocenters. The molecule has 1 saturated carbocycles. The number of fused-ring (bicyclic) bond motifs is 2. The molecule has 7 nitrogen and oxygen atoms in total. The van der Waals surface area contributed by atoms with Gasteiger partial charge in [0.15, 0.2) is 5.82 Å². The molecule has 1 aliphatic carbocycles. The highest BCUT2D eigenvalue weighted by Crippen LogP contribution is 2.35. The molecule has 0 radical (unpaired) electrons. The van der Waals surface area contributed by atoms with E-state index in [2.05, 4.69) is 63.3 Å². The van der Waals surface area contributed by atoms with Crippen molar-refractivity contribution in [1.29, 1.82) is 0 Å². The highest BCUT2D eigenvalue weighted by atomic mass is 32.1. The lowest BCUT2D eigenvalue weighted by atomic mass is 10.0. The zero-order valence-corrected chi connectivity index (χ0v) is 22.9. The second-order valence-corrected chi connectivity index (χ2v) is 11.2. The minimum Gasteiger partial charge on any atom is -0.335 e. The fourth-order valence-electron chi connectivity index (χ4n) is 5.26. The Morgan fingerprint density at radius 2 is 2.00 bits per heavy atom. The third-order valence-corrected chi connectivity index (χ3v) is 8.39. The number of thiophene rings is 1. The van der Waals surface area contributed by atoms with E-state index in [0.717, 1.165) is 74.9 Å². The van der Waals surface area contributed by atoms with Gasteiger partial charge in [-0.1, -0.05) is 31.6 Å². The van der Waals surface area contributed by atoms with Crippen LogP contribution < -0.4 is 5.32 Å². The van der Waals surface area contributed by atoms with Crippen molar-refractivity contribution in [2.75, 3.05) is 0 Å². The number of rotatable bonds is 7. The van der Waals surface area contributed by atoms with Crippen LogP contribution in [0, 0.1) is 12.8 Å². The number of nitrogens with one attached hydrogen (secondary N) is 3. The Hall–Kier alpha value is -4.30. The number of aromatic nitrogens is 5. The monoisotopic (exact) mass is 534 g/mol. The normalized spacial score (nSPS) is 14.9. The van der Waals surface area contributed by atoms with Crippen molar-refractivity contribution < 1.29 is 4.79 Å². The topological polar surface area (TPSA) is 99.3 Å². The number of benzene rings is 1. The Morgan fingerprint density at radius 1 is 1.15 bits per heavy atom. The smallest absolute Gasteiger partial charge is 0.227 e. The van der Waals surface area contributed by atoms with E-state index in [-0.39, 0.29) is 11.8 Å². The van der Waals surface area contributed by atoms with Crippen LogP contribution in [0.15, 0.2) is 73.2 Å². The minimum atomic E-state index is 0.0816. The van der Waals surface area contributed by atoms with Gasteiger partial charge in [-0.05, 0) is 74.2 Å². The average molecular weight is 535 g/mol. The van der Waals surface area contributed by atoms with Crippen LogP contribution in [0.3, 0.4) is 0 Å². The third-order valence-electron chi connectivity index (χ3n) is 7.36.